The van der Waals surface area contributed by atoms with Crippen molar-refractivity contribution in [3.63, 3.8) is 0 Å². The zero-order chi connectivity index (χ0) is 25.5. The van der Waals surface area contributed by atoms with Crippen LogP contribution in [0.25, 0.3) is 0 Å². The van der Waals surface area contributed by atoms with E-state index in [9.17, 15) is 9.18 Å². The molecule has 0 bridgehead atoms. The summed E-state index contributed by atoms with van der Waals surface area (Å²) in [5.41, 5.74) is 8.11. The van der Waals surface area contributed by atoms with Crippen molar-refractivity contribution in [3.05, 3.63) is 64.0 Å². The van der Waals surface area contributed by atoms with E-state index in [0.29, 0.717) is 29.6 Å². The Morgan fingerprint density at radius 2 is 2.06 bits per heavy atom. The number of ether oxygens (including phenoxy) is 1. The van der Waals surface area contributed by atoms with Crippen LogP contribution < -0.4 is 5.73 Å². The quantitative estimate of drug-likeness (QED) is 0.146. The number of amidine groups is 1. The van der Waals surface area contributed by atoms with Crippen LogP contribution in [0.15, 0.2) is 57.8 Å². The summed E-state index contributed by atoms with van der Waals surface area (Å²) in [6.45, 7) is 15.3. The van der Waals surface area contributed by atoms with Gasteiger partial charge in [0, 0.05) is 43.7 Å². The maximum absolute atomic E-state index is 14.5. The first kappa shape index (κ1) is 27.9. The predicted octanol–water partition coefficient (Wildman–Crippen LogP) is 6.40. The van der Waals surface area contributed by atoms with Crippen molar-refractivity contribution in [1.29, 1.82) is 5.41 Å². The smallest absolute Gasteiger partial charge is 0.167 e. The summed E-state index contributed by atoms with van der Waals surface area (Å²) in [5.74, 6) is -0.691. The molecule has 0 fully saturated rings. The average Bonchev–Trinajstić information content (AvgIpc) is 2.78. The number of allylic oxidation sites excluding steroid dienone is 3. The van der Waals surface area contributed by atoms with Crippen molar-refractivity contribution in [3.8, 4) is 0 Å². The van der Waals surface area contributed by atoms with Gasteiger partial charge in [0.15, 0.2) is 5.78 Å². The minimum absolute atomic E-state index is 0.0242. The molecule has 0 saturated carbocycles. The molecule has 0 radical (unpaired) electrons. The number of methoxy groups -OCH3 is 1. The number of thioether (sulfide) groups is 1. The topological polar surface area (TPSA) is 79.4 Å². The van der Waals surface area contributed by atoms with Crippen LogP contribution in [0.3, 0.4) is 0 Å². The van der Waals surface area contributed by atoms with E-state index >= 15 is 0 Å². The summed E-state index contributed by atoms with van der Waals surface area (Å²) in [6.07, 6.45) is 3.14. The Hall–Kier alpha value is -2.38. The molecule has 0 atom stereocenters. The van der Waals surface area contributed by atoms with Gasteiger partial charge in [-0.15, -0.1) is 0 Å². The van der Waals surface area contributed by atoms with E-state index in [4.69, 9.17) is 15.9 Å². The highest BCUT2D eigenvalue weighted by molar-refractivity contribution is 8.03. The third-order valence-electron chi connectivity index (χ3n) is 6.13. The van der Waals surface area contributed by atoms with Crippen LogP contribution in [-0.2, 0) is 4.74 Å². The largest absolute Gasteiger partial charge is 0.385 e. The van der Waals surface area contributed by atoms with Crippen LogP contribution in [0.1, 0.15) is 62.4 Å². The molecule has 3 N–H and O–H groups in total. The fraction of sp³-hybridized carbons (Fsp3) is 0.481. The molecule has 0 unspecified atom stereocenters. The number of benzene rings is 1. The van der Waals surface area contributed by atoms with Crippen LogP contribution in [0, 0.1) is 17.7 Å². The third kappa shape index (κ3) is 7.84. The van der Waals surface area contributed by atoms with Gasteiger partial charge in [0.05, 0.1) is 5.03 Å². The normalized spacial score (nSPS) is 14.1. The van der Waals surface area contributed by atoms with Gasteiger partial charge < -0.3 is 15.4 Å². The Balaban J connectivity index is 2.13. The maximum Gasteiger partial charge on any atom is 0.167 e. The number of rotatable bonds is 13. The molecule has 1 aliphatic rings. The van der Waals surface area contributed by atoms with Crippen molar-refractivity contribution in [2.75, 3.05) is 26.8 Å². The number of Topliss-reactive ketones (excluding diaryl/α,β-unsaturated/α-hetero) is 1. The molecule has 0 amide bonds. The van der Waals surface area contributed by atoms with Gasteiger partial charge in [0.2, 0.25) is 0 Å². The number of nitrogens with two attached hydrogens (primary N) is 1. The summed E-state index contributed by atoms with van der Waals surface area (Å²) in [5, 5.41) is 8.41. The number of carbonyl (C=O) groups is 1. The van der Waals surface area contributed by atoms with Gasteiger partial charge in [0.25, 0.3) is 0 Å². The van der Waals surface area contributed by atoms with Gasteiger partial charge in [-0.05, 0) is 67.4 Å². The second-order valence-electron chi connectivity index (χ2n) is 9.53. The lowest BCUT2D eigenvalue weighted by Gasteiger charge is -2.34. The van der Waals surface area contributed by atoms with Gasteiger partial charge >= 0.3 is 0 Å². The molecule has 0 saturated heterocycles. The van der Waals surface area contributed by atoms with Crippen LogP contribution in [-0.4, -0.2) is 43.3 Å². The maximum atomic E-state index is 14.5. The zero-order valence-electron chi connectivity index (χ0n) is 21.1. The van der Waals surface area contributed by atoms with Crippen LogP contribution >= 0.6 is 11.8 Å². The number of carbonyl (C=O) groups excluding carboxylic acids is 1. The highest BCUT2D eigenvalue weighted by Crippen LogP contribution is 2.34. The predicted molar refractivity (Wildman–Crippen MR) is 140 cm³/mol. The fourth-order valence-corrected chi connectivity index (χ4v) is 4.83. The zero-order valence-corrected chi connectivity index (χ0v) is 21.9. The highest BCUT2D eigenvalue weighted by Gasteiger charge is 2.23. The SMILES string of the molecule is C=C(Sc1cc(C(=O)CC2=C(F)C=C(C(=N)N)CC2)ccc1C)N(CC)CC(C)(C)CCOC. The highest BCUT2D eigenvalue weighted by atomic mass is 32.2. The Morgan fingerprint density at radius 3 is 2.65 bits per heavy atom. The molecule has 1 aromatic rings. The molecule has 5 nitrogen and oxygen atoms in total. The molecule has 1 aliphatic carbocycles. The Kier molecular flexibility index (Phi) is 10.1. The Morgan fingerprint density at radius 1 is 1.35 bits per heavy atom. The van der Waals surface area contributed by atoms with Crippen molar-refractivity contribution < 1.29 is 13.9 Å². The molecule has 0 aliphatic heterocycles. The molecule has 0 spiro atoms. The lowest BCUT2D eigenvalue weighted by atomic mass is 9.89. The molecule has 2 rings (SSSR count). The van der Waals surface area contributed by atoms with Gasteiger partial charge in [-0.1, -0.05) is 44.3 Å². The van der Waals surface area contributed by atoms with Crippen LogP contribution in [0.4, 0.5) is 4.39 Å². The Labute approximate surface area is 207 Å². The van der Waals surface area contributed by atoms with E-state index in [1.807, 2.05) is 19.1 Å². The number of ketones is 1. The van der Waals surface area contributed by atoms with Crippen molar-refractivity contribution in [2.24, 2.45) is 11.1 Å². The number of nitrogens with one attached hydrogen (secondary N) is 1. The number of hydrogen-bond donors (Lipinski definition) is 2. The summed E-state index contributed by atoms with van der Waals surface area (Å²) in [4.78, 5) is 16.2. The lowest BCUT2D eigenvalue weighted by Crippen LogP contribution is -2.33. The van der Waals surface area contributed by atoms with Gasteiger partial charge in [-0.3, -0.25) is 10.2 Å². The summed E-state index contributed by atoms with van der Waals surface area (Å²) in [7, 11) is 1.72. The third-order valence-corrected chi connectivity index (χ3v) is 7.28. The average molecular weight is 488 g/mol. The van der Waals surface area contributed by atoms with Crippen LogP contribution in [0.2, 0.25) is 0 Å². The van der Waals surface area contributed by atoms with Gasteiger partial charge in [-0.2, -0.15) is 0 Å². The molecule has 7 heteroatoms. The first-order chi connectivity index (χ1) is 16.0. The number of hydrogen-bond acceptors (Lipinski definition) is 5. The van der Waals surface area contributed by atoms with Gasteiger partial charge in [-0.25, -0.2) is 4.39 Å². The van der Waals surface area contributed by atoms with E-state index < -0.39 is 5.83 Å². The van der Waals surface area contributed by atoms with E-state index in [1.165, 1.54) is 6.08 Å². The first-order valence-corrected chi connectivity index (χ1v) is 12.5. The van der Waals surface area contributed by atoms with Crippen molar-refractivity contribution >= 4 is 23.4 Å². The molecule has 0 heterocycles. The first-order valence-electron chi connectivity index (χ1n) is 11.6. The minimum atomic E-state index is -0.449. The molecule has 1 aromatic carbocycles. The standard InChI is InChI=1S/C27H38FN3O2S/c1-7-31(17-27(4,5)12-13-33-6)19(3)34-25-16-21(9-8-18(25)2)24(32)15-20-10-11-22(26(29)30)14-23(20)28/h8-9,14,16H,3,7,10-13,15,17H2,1-2,4-6H3,(H3,29,30). The van der Waals surface area contributed by atoms with E-state index in [2.05, 4.69) is 32.3 Å². The monoisotopic (exact) mass is 487 g/mol. The summed E-state index contributed by atoms with van der Waals surface area (Å²) in [6, 6.07) is 5.62. The molecule has 34 heavy (non-hydrogen) atoms. The summed E-state index contributed by atoms with van der Waals surface area (Å²) >= 11 is 1.56. The second-order valence-corrected chi connectivity index (χ2v) is 10.6. The fourth-order valence-electron chi connectivity index (χ4n) is 3.84. The van der Waals surface area contributed by atoms with Gasteiger partial charge in [0.1, 0.15) is 11.7 Å². The lowest BCUT2D eigenvalue weighted by molar-refractivity contribution is 0.0991. The second kappa shape index (κ2) is 12.4. The molecular formula is C27H38FN3O2S. The van der Waals surface area contributed by atoms with Crippen molar-refractivity contribution in [2.45, 2.75) is 58.3 Å². The number of aryl methyl sites for hydroxylation is 1. The molecular weight excluding hydrogens is 449 g/mol. The number of halogens is 1. The van der Waals surface area contributed by atoms with Crippen LogP contribution in [0.5, 0.6) is 0 Å². The number of nitrogens with zero attached hydrogens (tertiary/aromatic N) is 1. The molecule has 0 aromatic heterocycles. The minimum Gasteiger partial charge on any atom is -0.385 e. The summed E-state index contributed by atoms with van der Waals surface area (Å²) < 4.78 is 19.7. The van der Waals surface area contributed by atoms with E-state index in [-0.39, 0.29) is 23.5 Å². The van der Waals surface area contributed by atoms with E-state index in [0.717, 1.165) is 41.6 Å². The van der Waals surface area contributed by atoms with E-state index in [1.54, 1.807) is 24.9 Å². The van der Waals surface area contributed by atoms with Crippen molar-refractivity contribution in [1.82, 2.24) is 4.90 Å². The molecule has 186 valence electrons. The Bertz CT molecular complexity index is 998.